The molecule has 7 heteroatoms. The smallest absolute Gasteiger partial charge is 0.261 e. The summed E-state index contributed by atoms with van der Waals surface area (Å²) >= 11 is 1.57. The zero-order valence-electron chi connectivity index (χ0n) is 14.1. The Bertz CT molecular complexity index is 985. The molecule has 26 heavy (non-hydrogen) atoms. The highest BCUT2D eigenvalue weighted by Crippen LogP contribution is 2.19. The first-order chi connectivity index (χ1) is 12.5. The number of thiophene rings is 1. The number of anilines is 1. The molecule has 0 saturated heterocycles. The van der Waals surface area contributed by atoms with Crippen molar-refractivity contribution >= 4 is 33.0 Å². The lowest BCUT2D eigenvalue weighted by atomic mass is 10.2. The Morgan fingerprint density at radius 1 is 1.04 bits per heavy atom. The highest BCUT2D eigenvalue weighted by Gasteiger charge is 2.18. The van der Waals surface area contributed by atoms with E-state index in [1.165, 1.54) is 12.1 Å². The van der Waals surface area contributed by atoms with Crippen molar-refractivity contribution in [2.24, 2.45) is 0 Å². The Morgan fingerprint density at radius 3 is 2.50 bits per heavy atom. The second kappa shape index (κ2) is 7.72. The van der Waals surface area contributed by atoms with Crippen molar-refractivity contribution < 1.29 is 13.2 Å². The molecule has 3 rings (SSSR count). The van der Waals surface area contributed by atoms with Crippen LogP contribution in [0.15, 0.2) is 77.0 Å². The predicted molar refractivity (Wildman–Crippen MR) is 104 cm³/mol. The highest BCUT2D eigenvalue weighted by atomic mass is 32.2. The summed E-state index contributed by atoms with van der Waals surface area (Å²) in [5.74, 6) is -0.227. The monoisotopic (exact) mass is 386 g/mol. The third-order valence-corrected chi connectivity index (χ3v) is 5.98. The van der Waals surface area contributed by atoms with Gasteiger partial charge in [-0.1, -0.05) is 30.3 Å². The number of nitrogens with zero attached hydrogens (tertiary/aromatic N) is 1. The zero-order chi connectivity index (χ0) is 18.6. The van der Waals surface area contributed by atoms with E-state index < -0.39 is 10.0 Å². The number of rotatable bonds is 6. The van der Waals surface area contributed by atoms with Gasteiger partial charge in [0.1, 0.15) is 0 Å². The first kappa shape index (κ1) is 18.2. The Morgan fingerprint density at radius 2 is 1.81 bits per heavy atom. The molecule has 0 radical (unpaired) electrons. The Labute approximate surface area is 157 Å². The fourth-order valence-electron chi connectivity index (χ4n) is 2.45. The lowest BCUT2D eigenvalue weighted by molar-refractivity contribution is 0.0786. The fourth-order valence-corrected chi connectivity index (χ4v) is 4.31. The number of para-hydroxylation sites is 1. The minimum atomic E-state index is -3.76. The molecule has 0 aliphatic carbocycles. The van der Waals surface area contributed by atoms with Crippen LogP contribution in [-0.2, 0) is 16.6 Å². The number of carbonyl (C=O) groups is 1. The molecule has 3 aromatic rings. The van der Waals surface area contributed by atoms with Crippen LogP contribution in [0, 0.1) is 0 Å². The maximum Gasteiger partial charge on any atom is 0.261 e. The Hall–Kier alpha value is -2.64. The molecule has 2 aromatic carbocycles. The summed E-state index contributed by atoms with van der Waals surface area (Å²) in [4.78, 5) is 15.3. The van der Waals surface area contributed by atoms with Gasteiger partial charge in [-0.25, -0.2) is 8.42 Å². The minimum Gasteiger partial charge on any atom is -0.337 e. The third kappa shape index (κ3) is 4.30. The summed E-state index contributed by atoms with van der Waals surface area (Å²) in [7, 11) is -2.06. The molecule has 1 heterocycles. The largest absolute Gasteiger partial charge is 0.337 e. The van der Waals surface area contributed by atoms with Gasteiger partial charge in [0, 0.05) is 23.2 Å². The van der Waals surface area contributed by atoms with E-state index in [1.807, 2.05) is 17.5 Å². The van der Waals surface area contributed by atoms with Crippen molar-refractivity contribution in [2.75, 3.05) is 11.8 Å². The standard InChI is InChI=1S/C19H18N2O3S2/c1-21(14-17-10-6-12-25-17)19(22)15-7-5-11-18(13-15)26(23,24)20-16-8-3-2-4-9-16/h2-13,20H,14H2,1H3. The van der Waals surface area contributed by atoms with Crippen molar-refractivity contribution in [3.05, 3.63) is 82.6 Å². The molecule has 0 saturated carbocycles. The van der Waals surface area contributed by atoms with Gasteiger partial charge in [-0.15, -0.1) is 11.3 Å². The second-order valence-corrected chi connectivity index (χ2v) is 8.45. The van der Waals surface area contributed by atoms with Gasteiger partial charge in [0.25, 0.3) is 15.9 Å². The number of benzene rings is 2. The normalized spacial score (nSPS) is 11.1. The molecule has 5 nitrogen and oxygen atoms in total. The SMILES string of the molecule is CN(Cc1cccs1)C(=O)c1cccc(S(=O)(=O)Nc2ccccc2)c1. The summed E-state index contributed by atoms with van der Waals surface area (Å²) in [6, 6.07) is 18.6. The van der Waals surface area contributed by atoms with Gasteiger partial charge in [0.2, 0.25) is 0 Å². The van der Waals surface area contributed by atoms with E-state index in [4.69, 9.17) is 0 Å². The molecule has 0 spiro atoms. The van der Waals surface area contributed by atoms with Crippen LogP contribution in [0.1, 0.15) is 15.2 Å². The van der Waals surface area contributed by atoms with Gasteiger partial charge in [-0.3, -0.25) is 9.52 Å². The molecule has 0 atom stereocenters. The Kier molecular flexibility index (Phi) is 5.39. The minimum absolute atomic E-state index is 0.0525. The van der Waals surface area contributed by atoms with Crippen molar-refractivity contribution in [3.63, 3.8) is 0 Å². The van der Waals surface area contributed by atoms with E-state index in [0.29, 0.717) is 17.8 Å². The first-order valence-electron chi connectivity index (χ1n) is 7.91. The lowest BCUT2D eigenvalue weighted by Crippen LogP contribution is -2.26. The highest BCUT2D eigenvalue weighted by molar-refractivity contribution is 7.92. The number of amides is 1. The van der Waals surface area contributed by atoms with E-state index in [2.05, 4.69) is 4.72 Å². The van der Waals surface area contributed by atoms with Crippen LogP contribution in [0.5, 0.6) is 0 Å². The average molecular weight is 386 g/mol. The maximum atomic E-state index is 12.6. The number of nitrogens with one attached hydrogen (secondary N) is 1. The van der Waals surface area contributed by atoms with Gasteiger partial charge in [0.05, 0.1) is 11.4 Å². The summed E-state index contributed by atoms with van der Waals surface area (Å²) in [5, 5.41) is 1.95. The average Bonchev–Trinajstić information content (AvgIpc) is 3.14. The van der Waals surface area contributed by atoms with Gasteiger partial charge in [-0.2, -0.15) is 0 Å². The van der Waals surface area contributed by atoms with E-state index in [9.17, 15) is 13.2 Å². The van der Waals surface area contributed by atoms with Gasteiger partial charge in [-0.05, 0) is 41.8 Å². The second-order valence-electron chi connectivity index (χ2n) is 5.74. The molecule has 0 aliphatic heterocycles. The summed E-state index contributed by atoms with van der Waals surface area (Å²) in [6.45, 7) is 0.482. The quantitative estimate of drug-likeness (QED) is 0.700. The number of carbonyl (C=O) groups excluding carboxylic acids is 1. The fraction of sp³-hybridized carbons (Fsp3) is 0.105. The van der Waals surface area contributed by atoms with Crippen LogP contribution in [0.2, 0.25) is 0 Å². The molecule has 0 aliphatic rings. The van der Waals surface area contributed by atoms with Gasteiger partial charge >= 0.3 is 0 Å². The molecule has 1 aromatic heterocycles. The summed E-state index contributed by atoms with van der Waals surface area (Å²) in [6.07, 6.45) is 0. The van der Waals surface area contributed by atoms with Crippen LogP contribution in [0.4, 0.5) is 5.69 Å². The van der Waals surface area contributed by atoms with E-state index >= 15 is 0 Å². The molecular weight excluding hydrogens is 368 g/mol. The molecule has 0 unspecified atom stereocenters. The van der Waals surface area contributed by atoms with E-state index in [-0.39, 0.29) is 10.8 Å². The predicted octanol–water partition coefficient (Wildman–Crippen LogP) is 3.82. The van der Waals surface area contributed by atoms with Crippen LogP contribution >= 0.6 is 11.3 Å². The summed E-state index contributed by atoms with van der Waals surface area (Å²) < 4.78 is 27.7. The van der Waals surface area contributed by atoms with Crippen LogP contribution in [0.25, 0.3) is 0 Å². The van der Waals surface area contributed by atoms with Crippen molar-refractivity contribution in [3.8, 4) is 0 Å². The van der Waals surface area contributed by atoms with Crippen LogP contribution in [-0.4, -0.2) is 26.3 Å². The molecular formula is C19H18N2O3S2. The van der Waals surface area contributed by atoms with Crippen LogP contribution in [0.3, 0.4) is 0 Å². The van der Waals surface area contributed by atoms with E-state index in [1.54, 1.807) is 65.7 Å². The van der Waals surface area contributed by atoms with Crippen molar-refractivity contribution in [1.29, 1.82) is 0 Å². The number of hydrogen-bond acceptors (Lipinski definition) is 4. The van der Waals surface area contributed by atoms with Crippen molar-refractivity contribution in [1.82, 2.24) is 4.90 Å². The lowest BCUT2D eigenvalue weighted by Gasteiger charge is -2.17. The molecule has 134 valence electrons. The van der Waals surface area contributed by atoms with Crippen molar-refractivity contribution in [2.45, 2.75) is 11.4 Å². The van der Waals surface area contributed by atoms with Gasteiger partial charge < -0.3 is 4.90 Å². The maximum absolute atomic E-state index is 12.6. The van der Waals surface area contributed by atoms with Crippen LogP contribution < -0.4 is 4.72 Å². The zero-order valence-corrected chi connectivity index (χ0v) is 15.8. The first-order valence-corrected chi connectivity index (χ1v) is 10.3. The number of sulfonamides is 1. The Balaban J connectivity index is 1.80. The molecule has 0 bridgehead atoms. The third-order valence-electron chi connectivity index (χ3n) is 3.74. The molecule has 1 N–H and O–H groups in total. The van der Waals surface area contributed by atoms with Gasteiger partial charge in [0.15, 0.2) is 0 Å². The summed E-state index contributed by atoms with van der Waals surface area (Å²) in [5.41, 5.74) is 0.805. The molecule has 1 amide bonds. The molecule has 0 fully saturated rings. The van der Waals surface area contributed by atoms with E-state index in [0.717, 1.165) is 4.88 Å². The number of hydrogen-bond donors (Lipinski definition) is 1. The topological polar surface area (TPSA) is 66.5 Å².